The fourth-order valence-electron chi connectivity index (χ4n) is 2.84. The van der Waals surface area contributed by atoms with Crippen LogP contribution in [0.4, 0.5) is 5.69 Å². The minimum absolute atomic E-state index is 0.0190. The summed E-state index contributed by atoms with van der Waals surface area (Å²) < 4.78 is 27.6. The lowest BCUT2D eigenvalue weighted by Gasteiger charge is -2.24. The Morgan fingerprint density at radius 2 is 1.92 bits per heavy atom. The molecule has 0 saturated carbocycles. The smallest absolute Gasteiger partial charge is 0.261 e. The van der Waals surface area contributed by atoms with Gasteiger partial charge >= 0.3 is 0 Å². The molecule has 26 heavy (non-hydrogen) atoms. The van der Waals surface area contributed by atoms with Crippen LogP contribution in [0.1, 0.15) is 23.2 Å². The number of halogens is 1. The highest BCUT2D eigenvalue weighted by atomic mass is 35.5. The lowest BCUT2D eigenvalue weighted by atomic mass is 10.1. The molecule has 2 aromatic rings. The van der Waals surface area contributed by atoms with Crippen LogP contribution < -0.4 is 15.4 Å². The molecule has 0 aromatic heterocycles. The monoisotopic (exact) mass is 393 g/mol. The summed E-state index contributed by atoms with van der Waals surface area (Å²) in [7, 11) is -3.82. The Kier molecular flexibility index (Phi) is 5.80. The minimum Gasteiger partial charge on any atom is -0.348 e. The molecule has 2 aromatic carbocycles. The summed E-state index contributed by atoms with van der Waals surface area (Å²) in [6.45, 7) is 1.64. The van der Waals surface area contributed by atoms with Gasteiger partial charge in [-0.1, -0.05) is 29.8 Å². The molecule has 1 heterocycles. The van der Waals surface area contributed by atoms with Crippen LogP contribution in [0.3, 0.4) is 0 Å². The van der Waals surface area contributed by atoms with Gasteiger partial charge in [-0.3, -0.25) is 9.52 Å². The van der Waals surface area contributed by atoms with Gasteiger partial charge in [0.2, 0.25) is 0 Å². The Labute approximate surface area is 158 Å². The number of sulfonamides is 1. The average molecular weight is 394 g/mol. The average Bonchev–Trinajstić information content (AvgIpc) is 2.63. The predicted molar refractivity (Wildman–Crippen MR) is 102 cm³/mol. The highest BCUT2D eigenvalue weighted by Gasteiger charge is 2.21. The Balaban J connectivity index is 1.85. The summed E-state index contributed by atoms with van der Waals surface area (Å²) in [4.78, 5) is 12.8. The first-order valence-corrected chi connectivity index (χ1v) is 10.2. The Morgan fingerprint density at radius 1 is 1.15 bits per heavy atom. The third-order valence-corrected chi connectivity index (χ3v) is 5.77. The molecule has 0 radical (unpaired) electrons. The summed E-state index contributed by atoms with van der Waals surface area (Å²) >= 11 is 6.01. The predicted octanol–water partition coefficient (Wildman–Crippen LogP) is 2.62. The quantitative estimate of drug-likeness (QED) is 0.728. The van der Waals surface area contributed by atoms with E-state index in [9.17, 15) is 13.2 Å². The van der Waals surface area contributed by atoms with E-state index in [1.54, 1.807) is 24.3 Å². The Morgan fingerprint density at radius 3 is 2.62 bits per heavy atom. The van der Waals surface area contributed by atoms with Crippen LogP contribution in [-0.2, 0) is 10.0 Å². The standard InChI is InChI=1S/C18H20ClN3O3S/c19-13-8-9-16(18(23)21-14-5-4-10-20-12-14)17(11-13)22-26(24,25)15-6-2-1-3-7-15/h1-3,6-9,11,14,20,22H,4-5,10,12H2,(H,21,23). The molecule has 1 amide bonds. The normalized spacial score (nSPS) is 17.5. The maximum atomic E-state index is 12.7. The van der Waals surface area contributed by atoms with Gasteiger partial charge in [-0.25, -0.2) is 8.42 Å². The van der Waals surface area contributed by atoms with Crippen LogP contribution in [0.15, 0.2) is 53.4 Å². The largest absolute Gasteiger partial charge is 0.348 e. The molecule has 1 unspecified atom stereocenters. The zero-order chi connectivity index (χ0) is 18.6. The molecule has 1 aliphatic rings. The summed E-state index contributed by atoms with van der Waals surface area (Å²) in [5, 5.41) is 6.51. The number of rotatable bonds is 5. The van der Waals surface area contributed by atoms with Gasteiger partial charge in [0, 0.05) is 17.6 Å². The molecule has 6 nitrogen and oxygen atoms in total. The number of nitrogens with one attached hydrogen (secondary N) is 3. The first kappa shape index (κ1) is 18.7. The Hall–Kier alpha value is -2.09. The van der Waals surface area contributed by atoms with E-state index in [1.807, 2.05) is 0 Å². The number of carbonyl (C=O) groups is 1. The third-order valence-electron chi connectivity index (χ3n) is 4.16. The van der Waals surface area contributed by atoms with Gasteiger partial charge in [0.15, 0.2) is 0 Å². The van der Waals surface area contributed by atoms with Crippen molar-refractivity contribution in [3.8, 4) is 0 Å². The molecule has 0 aliphatic carbocycles. The van der Waals surface area contributed by atoms with Crippen LogP contribution in [0.5, 0.6) is 0 Å². The maximum Gasteiger partial charge on any atom is 0.261 e. The first-order valence-electron chi connectivity index (χ1n) is 8.35. The minimum atomic E-state index is -3.82. The van der Waals surface area contributed by atoms with E-state index >= 15 is 0 Å². The third kappa shape index (κ3) is 4.55. The van der Waals surface area contributed by atoms with E-state index in [0.717, 1.165) is 19.4 Å². The molecule has 3 N–H and O–H groups in total. The van der Waals surface area contributed by atoms with Gasteiger partial charge in [-0.2, -0.15) is 0 Å². The molecule has 0 spiro atoms. The number of hydrogen-bond acceptors (Lipinski definition) is 4. The van der Waals surface area contributed by atoms with Crippen LogP contribution in [0.2, 0.25) is 5.02 Å². The highest BCUT2D eigenvalue weighted by molar-refractivity contribution is 7.92. The van der Waals surface area contributed by atoms with Crippen molar-refractivity contribution < 1.29 is 13.2 Å². The van der Waals surface area contributed by atoms with Gasteiger partial charge < -0.3 is 10.6 Å². The molecule has 1 saturated heterocycles. The molecule has 138 valence electrons. The number of benzene rings is 2. The maximum absolute atomic E-state index is 12.7. The van der Waals surface area contributed by atoms with Crippen molar-refractivity contribution >= 4 is 33.2 Å². The molecule has 1 atom stereocenters. The highest BCUT2D eigenvalue weighted by Crippen LogP contribution is 2.24. The zero-order valence-electron chi connectivity index (χ0n) is 14.0. The summed E-state index contributed by atoms with van der Waals surface area (Å²) in [6.07, 6.45) is 1.87. The van der Waals surface area contributed by atoms with E-state index in [4.69, 9.17) is 11.6 Å². The van der Waals surface area contributed by atoms with Crippen LogP contribution in [-0.4, -0.2) is 33.5 Å². The van der Waals surface area contributed by atoms with E-state index in [-0.39, 0.29) is 28.1 Å². The van der Waals surface area contributed by atoms with Crippen molar-refractivity contribution in [2.24, 2.45) is 0 Å². The second kappa shape index (κ2) is 8.07. The number of anilines is 1. The number of piperidine rings is 1. The molecule has 1 fully saturated rings. The van der Waals surface area contributed by atoms with E-state index in [1.165, 1.54) is 24.3 Å². The lowest BCUT2D eigenvalue weighted by molar-refractivity contribution is 0.0931. The summed E-state index contributed by atoms with van der Waals surface area (Å²) in [6, 6.07) is 12.5. The van der Waals surface area contributed by atoms with Crippen molar-refractivity contribution in [3.05, 3.63) is 59.1 Å². The number of amides is 1. The SMILES string of the molecule is O=C(NC1CCCNC1)c1ccc(Cl)cc1NS(=O)(=O)c1ccccc1. The van der Waals surface area contributed by atoms with Gasteiger partial charge in [-0.15, -0.1) is 0 Å². The second-order valence-corrected chi connectivity index (χ2v) is 8.24. The van der Waals surface area contributed by atoms with Crippen LogP contribution >= 0.6 is 11.6 Å². The van der Waals surface area contributed by atoms with Crippen LogP contribution in [0.25, 0.3) is 0 Å². The summed E-state index contributed by atoms with van der Waals surface area (Å²) in [5.41, 5.74) is 0.391. The van der Waals surface area contributed by atoms with Crippen molar-refractivity contribution in [2.75, 3.05) is 17.8 Å². The molecular formula is C18H20ClN3O3S. The molecule has 3 rings (SSSR count). The van der Waals surface area contributed by atoms with Gasteiger partial charge in [0.25, 0.3) is 15.9 Å². The van der Waals surface area contributed by atoms with E-state index in [0.29, 0.717) is 11.6 Å². The van der Waals surface area contributed by atoms with Gasteiger partial charge in [0.1, 0.15) is 0 Å². The lowest BCUT2D eigenvalue weighted by Crippen LogP contribution is -2.45. The van der Waals surface area contributed by atoms with Crippen molar-refractivity contribution in [2.45, 2.75) is 23.8 Å². The molecule has 0 bridgehead atoms. The Bertz CT molecular complexity index is 882. The van der Waals surface area contributed by atoms with Crippen molar-refractivity contribution in [3.63, 3.8) is 0 Å². The van der Waals surface area contributed by atoms with Gasteiger partial charge in [0.05, 0.1) is 16.1 Å². The van der Waals surface area contributed by atoms with Crippen molar-refractivity contribution in [1.29, 1.82) is 0 Å². The summed E-state index contributed by atoms with van der Waals surface area (Å²) in [5.74, 6) is -0.332. The van der Waals surface area contributed by atoms with E-state index in [2.05, 4.69) is 15.4 Å². The fourth-order valence-corrected chi connectivity index (χ4v) is 4.10. The number of carbonyl (C=O) groups excluding carboxylic acids is 1. The van der Waals surface area contributed by atoms with Gasteiger partial charge in [-0.05, 0) is 49.7 Å². The van der Waals surface area contributed by atoms with Crippen molar-refractivity contribution in [1.82, 2.24) is 10.6 Å². The first-order chi connectivity index (χ1) is 12.5. The molecular weight excluding hydrogens is 374 g/mol. The topological polar surface area (TPSA) is 87.3 Å². The second-order valence-electron chi connectivity index (χ2n) is 6.13. The zero-order valence-corrected chi connectivity index (χ0v) is 15.6. The number of hydrogen-bond donors (Lipinski definition) is 3. The van der Waals surface area contributed by atoms with Crippen LogP contribution in [0, 0.1) is 0 Å². The molecule has 8 heteroatoms. The molecule has 1 aliphatic heterocycles. The fraction of sp³-hybridized carbons (Fsp3) is 0.278. The van der Waals surface area contributed by atoms with E-state index < -0.39 is 10.0 Å².